The van der Waals surface area contributed by atoms with Gasteiger partial charge in [0.15, 0.2) is 0 Å². The maximum absolute atomic E-state index is 11.8. The minimum absolute atomic E-state index is 0.191. The lowest BCUT2D eigenvalue weighted by Crippen LogP contribution is -2.48. The lowest BCUT2D eigenvalue weighted by Gasteiger charge is -2.33. The Morgan fingerprint density at radius 1 is 1.20 bits per heavy atom. The van der Waals surface area contributed by atoms with E-state index in [9.17, 15) is 8.42 Å². The van der Waals surface area contributed by atoms with Crippen LogP contribution in [0.5, 0.6) is 0 Å². The minimum atomic E-state index is -3.03. The Morgan fingerprint density at radius 3 is 2.50 bits per heavy atom. The first kappa shape index (κ1) is 15.5. The molecule has 0 spiro atoms. The van der Waals surface area contributed by atoms with Gasteiger partial charge in [0.25, 0.3) is 0 Å². The predicted molar refractivity (Wildman–Crippen MR) is 78.8 cm³/mol. The van der Waals surface area contributed by atoms with Gasteiger partial charge >= 0.3 is 0 Å². The summed E-state index contributed by atoms with van der Waals surface area (Å²) in [7, 11) is -3.03. The third-order valence-corrected chi connectivity index (χ3v) is 5.52. The summed E-state index contributed by atoms with van der Waals surface area (Å²) in [6, 6.07) is 0. The fourth-order valence-electron chi connectivity index (χ4n) is 2.45. The Labute approximate surface area is 121 Å². The van der Waals surface area contributed by atoms with Crippen LogP contribution in [0.1, 0.15) is 25.8 Å². The van der Waals surface area contributed by atoms with E-state index in [2.05, 4.69) is 23.1 Å². The number of rotatable bonds is 6. The van der Waals surface area contributed by atoms with Gasteiger partial charge in [0, 0.05) is 51.0 Å². The second-order valence-electron chi connectivity index (χ2n) is 5.19. The van der Waals surface area contributed by atoms with Gasteiger partial charge in [0.1, 0.15) is 0 Å². The highest BCUT2D eigenvalue weighted by Gasteiger charge is 2.25. The maximum atomic E-state index is 11.8. The van der Waals surface area contributed by atoms with E-state index in [4.69, 9.17) is 0 Å². The zero-order valence-corrected chi connectivity index (χ0v) is 13.1. The Morgan fingerprint density at radius 2 is 1.90 bits per heavy atom. The molecule has 0 aromatic carbocycles. The molecule has 0 amide bonds. The smallest absolute Gasteiger partial charge is 0.213 e. The maximum Gasteiger partial charge on any atom is 0.213 e. The number of aromatic nitrogens is 2. The molecule has 1 aromatic heterocycles. The molecule has 2 rings (SSSR count). The molecule has 0 radical (unpaired) electrons. The van der Waals surface area contributed by atoms with Crippen LogP contribution in [0.15, 0.2) is 12.4 Å². The van der Waals surface area contributed by atoms with Crippen molar-refractivity contribution in [1.29, 1.82) is 0 Å². The van der Waals surface area contributed by atoms with Crippen molar-refractivity contribution in [1.82, 2.24) is 19.0 Å². The summed E-state index contributed by atoms with van der Waals surface area (Å²) >= 11 is 0. The van der Waals surface area contributed by atoms with Gasteiger partial charge < -0.3 is 0 Å². The molecular formula is C13H24N4O2S. The molecule has 114 valence electrons. The quantitative estimate of drug-likeness (QED) is 0.778. The van der Waals surface area contributed by atoms with E-state index in [0.29, 0.717) is 13.1 Å². The van der Waals surface area contributed by atoms with Crippen LogP contribution < -0.4 is 0 Å². The standard InChI is InChI=1S/C13H24N4O2S/c1-3-5-16-12-13(10-14-16)11-15-6-8-17(9-7-15)20(18,19)4-2/h10,12H,3-9,11H2,1-2H3. The summed E-state index contributed by atoms with van der Waals surface area (Å²) in [6.45, 7) is 8.40. The van der Waals surface area contributed by atoms with Crippen molar-refractivity contribution in [2.24, 2.45) is 0 Å². The van der Waals surface area contributed by atoms with Crippen molar-refractivity contribution in [3.05, 3.63) is 18.0 Å². The van der Waals surface area contributed by atoms with Crippen LogP contribution in [0.4, 0.5) is 0 Å². The number of nitrogens with zero attached hydrogens (tertiary/aromatic N) is 4. The van der Waals surface area contributed by atoms with Crippen molar-refractivity contribution >= 4 is 10.0 Å². The van der Waals surface area contributed by atoms with E-state index in [0.717, 1.165) is 32.6 Å². The van der Waals surface area contributed by atoms with Gasteiger partial charge in [-0.15, -0.1) is 0 Å². The summed E-state index contributed by atoms with van der Waals surface area (Å²) in [5.41, 5.74) is 1.20. The largest absolute Gasteiger partial charge is 0.296 e. The van der Waals surface area contributed by atoms with Crippen molar-refractivity contribution in [2.75, 3.05) is 31.9 Å². The molecule has 1 aliphatic rings. The van der Waals surface area contributed by atoms with Crippen molar-refractivity contribution < 1.29 is 8.42 Å². The molecule has 1 saturated heterocycles. The molecule has 0 saturated carbocycles. The van der Waals surface area contributed by atoms with Gasteiger partial charge in [-0.05, 0) is 13.3 Å². The Balaban J connectivity index is 1.85. The van der Waals surface area contributed by atoms with Gasteiger partial charge in [-0.1, -0.05) is 6.92 Å². The van der Waals surface area contributed by atoms with Gasteiger partial charge in [0.05, 0.1) is 11.9 Å². The van der Waals surface area contributed by atoms with Crippen molar-refractivity contribution in [2.45, 2.75) is 33.4 Å². The summed E-state index contributed by atoms with van der Waals surface area (Å²) < 4.78 is 27.1. The van der Waals surface area contributed by atoms with Gasteiger partial charge in [-0.25, -0.2) is 8.42 Å². The zero-order valence-electron chi connectivity index (χ0n) is 12.3. The van der Waals surface area contributed by atoms with Crippen LogP contribution in [0, 0.1) is 0 Å². The molecule has 0 atom stereocenters. The van der Waals surface area contributed by atoms with Crippen molar-refractivity contribution in [3.8, 4) is 0 Å². The summed E-state index contributed by atoms with van der Waals surface area (Å²) in [5.74, 6) is 0.191. The molecule has 20 heavy (non-hydrogen) atoms. The zero-order chi connectivity index (χ0) is 14.6. The molecule has 0 bridgehead atoms. The fraction of sp³-hybridized carbons (Fsp3) is 0.769. The topological polar surface area (TPSA) is 58.4 Å². The average Bonchev–Trinajstić information content (AvgIpc) is 2.87. The van der Waals surface area contributed by atoms with E-state index < -0.39 is 10.0 Å². The molecule has 0 unspecified atom stereocenters. The van der Waals surface area contributed by atoms with E-state index in [1.165, 1.54) is 5.56 Å². The van der Waals surface area contributed by atoms with E-state index in [-0.39, 0.29) is 5.75 Å². The molecule has 6 nitrogen and oxygen atoms in total. The number of aryl methyl sites for hydroxylation is 1. The van der Waals surface area contributed by atoms with Crippen LogP contribution in [-0.4, -0.2) is 59.3 Å². The fourth-order valence-corrected chi connectivity index (χ4v) is 3.53. The highest BCUT2D eigenvalue weighted by atomic mass is 32.2. The van der Waals surface area contributed by atoms with Crippen LogP contribution in [0.25, 0.3) is 0 Å². The number of piperazine rings is 1. The molecule has 1 aromatic rings. The van der Waals surface area contributed by atoms with Crippen LogP contribution in [0.2, 0.25) is 0 Å². The summed E-state index contributed by atoms with van der Waals surface area (Å²) in [4.78, 5) is 2.29. The Hall–Kier alpha value is -0.920. The predicted octanol–water partition coefficient (Wildman–Crippen LogP) is 0.760. The third-order valence-electron chi connectivity index (χ3n) is 3.64. The van der Waals surface area contributed by atoms with Gasteiger partial charge in [0.2, 0.25) is 10.0 Å². The lowest BCUT2D eigenvalue weighted by atomic mass is 10.3. The van der Waals surface area contributed by atoms with Crippen molar-refractivity contribution in [3.63, 3.8) is 0 Å². The Bertz CT molecular complexity index is 518. The highest BCUT2D eigenvalue weighted by Crippen LogP contribution is 2.11. The van der Waals surface area contributed by atoms with Crippen LogP contribution in [-0.2, 0) is 23.1 Å². The highest BCUT2D eigenvalue weighted by molar-refractivity contribution is 7.89. The van der Waals surface area contributed by atoms with Gasteiger partial charge in [-0.3, -0.25) is 9.58 Å². The number of hydrogen-bond acceptors (Lipinski definition) is 4. The molecule has 7 heteroatoms. The SMILES string of the molecule is CCCn1cc(CN2CCN(S(=O)(=O)CC)CC2)cn1. The number of hydrogen-bond donors (Lipinski definition) is 0. The monoisotopic (exact) mass is 300 g/mol. The third kappa shape index (κ3) is 3.80. The summed E-state index contributed by atoms with van der Waals surface area (Å²) in [6.07, 6.45) is 5.07. The normalized spacial score (nSPS) is 18.5. The first-order chi connectivity index (χ1) is 9.55. The lowest BCUT2D eigenvalue weighted by molar-refractivity contribution is 0.181. The minimum Gasteiger partial charge on any atom is -0.296 e. The first-order valence-corrected chi connectivity index (χ1v) is 8.87. The van der Waals surface area contributed by atoms with E-state index >= 15 is 0 Å². The molecule has 0 aliphatic carbocycles. The molecule has 2 heterocycles. The van der Waals surface area contributed by atoms with E-state index in [1.807, 2.05) is 10.9 Å². The molecule has 1 aliphatic heterocycles. The second-order valence-corrected chi connectivity index (χ2v) is 7.44. The first-order valence-electron chi connectivity index (χ1n) is 7.26. The van der Waals surface area contributed by atoms with Crippen LogP contribution in [0.3, 0.4) is 0 Å². The van der Waals surface area contributed by atoms with E-state index in [1.54, 1.807) is 11.2 Å². The molecular weight excluding hydrogens is 276 g/mol. The van der Waals surface area contributed by atoms with Crippen LogP contribution >= 0.6 is 0 Å². The average molecular weight is 300 g/mol. The second kappa shape index (κ2) is 6.69. The summed E-state index contributed by atoms with van der Waals surface area (Å²) in [5, 5.41) is 4.32. The Kier molecular flexibility index (Phi) is 5.17. The molecule has 0 N–H and O–H groups in total. The van der Waals surface area contributed by atoms with Gasteiger partial charge in [-0.2, -0.15) is 9.40 Å². The number of sulfonamides is 1. The molecule has 1 fully saturated rings.